The van der Waals surface area contributed by atoms with E-state index in [9.17, 15) is 26.0 Å². The third-order valence-electron chi connectivity index (χ3n) is 2.70. The molecule has 0 spiro atoms. The van der Waals surface area contributed by atoms with Gasteiger partial charge in [0.1, 0.15) is 0 Å². The molecule has 0 amide bonds. The third-order valence-corrected chi connectivity index (χ3v) is 4.11. The highest BCUT2D eigenvalue weighted by molar-refractivity contribution is 7.89. The van der Waals surface area contributed by atoms with Gasteiger partial charge >= 0.3 is 12.3 Å². The predicted octanol–water partition coefficient (Wildman–Crippen LogP) is 1.34. The minimum absolute atomic E-state index is 0.301. The number of hydrogen-bond acceptors (Lipinski definition) is 3. The summed E-state index contributed by atoms with van der Waals surface area (Å²) in [6, 6.07) is 0.527. The van der Waals surface area contributed by atoms with Crippen molar-refractivity contribution in [3.05, 3.63) is 0 Å². The van der Waals surface area contributed by atoms with Gasteiger partial charge in [-0.2, -0.15) is 8.78 Å². The molecule has 1 aliphatic carbocycles. The Bertz CT molecular complexity index is 372. The minimum Gasteiger partial charge on any atom is -0.314 e. The Hall–Kier alpha value is -0.410. The second kappa shape index (κ2) is 6.85. The fourth-order valence-corrected chi connectivity index (χ4v) is 2.51. The van der Waals surface area contributed by atoms with Crippen molar-refractivity contribution in [2.75, 3.05) is 18.8 Å². The standard InChI is InChI=1S/C10H18F4N2O2S/c11-9(12)10(13,14)7-16-19(17,18)6-2-1-5-15-8-3-4-8/h8-9,15-16H,1-7H2. The molecule has 2 N–H and O–H groups in total. The second-order valence-corrected chi connectivity index (χ2v) is 6.56. The molecular formula is C10H18F4N2O2S. The first-order valence-electron chi connectivity index (χ1n) is 6.10. The van der Waals surface area contributed by atoms with E-state index in [1.807, 2.05) is 0 Å². The van der Waals surface area contributed by atoms with Crippen LogP contribution in [0, 0.1) is 0 Å². The minimum atomic E-state index is -4.33. The predicted molar refractivity (Wildman–Crippen MR) is 63.0 cm³/mol. The van der Waals surface area contributed by atoms with Crippen molar-refractivity contribution >= 4 is 10.0 Å². The molecule has 0 aromatic heterocycles. The third kappa shape index (κ3) is 7.07. The Kier molecular flexibility index (Phi) is 6.00. The van der Waals surface area contributed by atoms with Crippen molar-refractivity contribution < 1.29 is 26.0 Å². The SMILES string of the molecule is O=S(=O)(CCCCNC1CC1)NCC(F)(F)C(F)F. The summed E-state index contributed by atoms with van der Waals surface area (Å²) < 4.78 is 72.8. The maximum Gasteiger partial charge on any atom is 0.320 e. The molecule has 0 atom stereocenters. The Morgan fingerprint density at radius 3 is 2.37 bits per heavy atom. The second-order valence-electron chi connectivity index (χ2n) is 4.64. The van der Waals surface area contributed by atoms with Crippen LogP contribution in [0.25, 0.3) is 0 Å². The van der Waals surface area contributed by atoms with Crippen LogP contribution in [-0.2, 0) is 10.0 Å². The summed E-state index contributed by atoms with van der Waals surface area (Å²) in [5.74, 6) is -4.67. The van der Waals surface area contributed by atoms with Gasteiger partial charge in [0.2, 0.25) is 10.0 Å². The van der Waals surface area contributed by atoms with Gasteiger partial charge in [0.25, 0.3) is 0 Å². The summed E-state index contributed by atoms with van der Waals surface area (Å²) in [7, 11) is -3.92. The van der Waals surface area contributed by atoms with Crippen molar-refractivity contribution in [2.45, 2.75) is 44.1 Å². The van der Waals surface area contributed by atoms with Gasteiger partial charge in [0, 0.05) is 6.04 Å². The zero-order valence-corrected chi connectivity index (χ0v) is 11.2. The molecule has 1 aliphatic rings. The van der Waals surface area contributed by atoms with Gasteiger partial charge < -0.3 is 5.32 Å². The molecular weight excluding hydrogens is 288 g/mol. The monoisotopic (exact) mass is 306 g/mol. The molecule has 0 aromatic rings. The smallest absolute Gasteiger partial charge is 0.314 e. The largest absolute Gasteiger partial charge is 0.320 e. The fraction of sp³-hybridized carbons (Fsp3) is 1.00. The van der Waals surface area contributed by atoms with Crippen molar-refractivity contribution in [1.29, 1.82) is 0 Å². The molecule has 0 unspecified atom stereocenters. The Morgan fingerprint density at radius 2 is 1.84 bits per heavy atom. The summed E-state index contributed by atoms with van der Waals surface area (Å²) in [5.41, 5.74) is 0. The molecule has 0 aliphatic heterocycles. The van der Waals surface area contributed by atoms with Crippen LogP contribution in [0.15, 0.2) is 0 Å². The summed E-state index contributed by atoms with van der Waals surface area (Å²) in [6.45, 7) is -0.888. The maximum absolute atomic E-state index is 12.5. The molecule has 19 heavy (non-hydrogen) atoms. The average molecular weight is 306 g/mol. The van der Waals surface area contributed by atoms with Gasteiger partial charge in [-0.3, -0.25) is 0 Å². The average Bonchev–Trinajstić information content (AvgIpc) is 3.10. The molecule has 1 rings (SSSR count). The highest BCUT2D eigenvalue weighted by Gasteiger charge is 2.41. The van der Waals surface area contributed by atoms with E-state index in [-0.39, 0.29) is 5.75 Å². The molecule has 9 heteroatoms. The van der Waals surface area contributed by atoms with Gasteiger partial charge in [0.05, 0.1) is 12.3 Å². The van der Waals surface area contributed by atoms with E-state index in [0.717, 1.165) is 12.8 Å². The van der Waals surface area contributed by atoms with E-state index in [1.165, 1.54) is 4.72 Å². The lowest BCUT2D eigenvalue weighted by atomic mass is 10.3. The number of alkyl halides is 4. The summed E-state index contributed by atoms with van der Waals surface area (Å²) in [5, 5.41) is 3.18. The first-order chi connectivity index (χ1) is 8.73. The first-order valence-corrected chi connectivity index (χ1v) is 7.75. The van der Waals surface area contributed by atoms with Crippen LogP contribution in [-0.4, -0.2) is 45.6 Å². The summed E-state index contributed by atoms with van der Waals surface area (Å²) in [4.78, 5) is 0. The lowest BCUT2D eigenvalue weighted by Gasteiger charge is -2.15. The molecule has 1 saturated carbocycles. The van der Waals surface area contributed by atoms with Gasteiger partial charge in [-0.25, -0.2) is 21.9 Å². The van der Waals surface area contributed by atoms with Gasteiger partial charge in [0.15, 0.2) is 0 Å². The fourth-order valence-electron chi connectivity index (χ4n) is 1.37. The van der Waals surface area contributed by atoms with E-state index < -0.39 is 28.9 Å². The van der Waals surface area contributed by atoms with Crippen LogP contribution in [0.4, 0.5) is 17.6 Å². The van der Waals surface area contributed by atoms with Crippen LogP contribution >= 0.6 is 0 Å². The Balaban J connectivity index is 2.15. The molecule has 114 valence electrons. The van der Waals surface area contributed by atoms with Crippen LogP contribution < -0.4 is 10.0 Å². The van der Waals surface area contributed by atoms with Crippen molar-refractivity contribution in [3.63, 3.8) is 0 Å². The molecule has 0 heterocycles. The highest BCUT2D eigenvalue weighted by atomic mass is 32.2. The molecule has 0 radical (unpaired) electrons. The molecule has 0 saturated heterocycles. The Morgan fingerprint density at radius 1 is 1.21 bits per heavy atom. The van der Waals surface area contributed by atoms with Crippen molar-refractivity contribution in [3.8, 4) is 0 Å². The lowest BCUT2D eigenvalue weighted by Crippen LogP contribution is -2.42. The number of sulfonamides is 1. The highest BCUT2D eigenvalue weighted by Crippen LogP contribution is 2.21. The molecule has 0 aromatic carbocycles. The number of halogens is 4. The van der Waals surface area contributed by atoms with Gasteiger partial charge in [-0.1, -0.05) is 0 Å². The lowest BCUT2D eigenvalue weighted by molar-refractivity contribution is -0.122. The van der Waals surface area contributed by atoms with E-state index >= 15 is 0 Å². The Labute approximate surface area is 110 Å². The summed E-state index contributed by atoms with van der Waals surface area (Å²) >= 11 is 0. The van der Waals surface area contributed by atoms with Gasteiger partial charge in [-0.05, 0) is 32.2 Å². The van der Waals surface area contributed by atoms with Crippen LogP contribution in [0.5, 0.6) is 0 Å². The van der Waals surface area contributed by atoms with Crippen LogP contribution in [0.1, 0.15) is 25.7 Å². The number of rotatable bonds is 10. The van der Waals surface area contributed by atoms with Crippen molar-refractivity contribution in [2.24, 2.45) is 0 Å². The normalized spacial score (nSPS) is 17.1. The molecule has 0 bridgehead atoms. The van der Waals surface area contributed by atoms with Crippen LogP contribution in [0.2, 0.25) is 0 Å². The first kappa shape index (κ1) is 16.6. The molecule has 4 nitrogen and oxygen atoms in total. The van der Waals surface area contributed by atoms with Gasteiger partial charge in [-0.15, -0.1) is 0 Å². The number of unbranched alkanes of at least 4 members (excludes halogenated alkanes) is 1. The topological polar surface area (TPSA) is 58.2 Å². The number of nitrogens with one attached hydrogen (secondary N) is 2. The van der Waals surface area contributed by atoms with Crippen LogP contribution in [0.3, 0.4) is 0 Å². The van der Waals surface area contributed by atoms with E-state index in [0.29, 0.717) is 25.4 Å². The van der Waals surface area contributed by atoms with Crippen molar-refractivity contribution in [1.82, 2.24) is 10.0 Å². The number of hydrogen-bond donors (Lipinski definition) is 2. The van der Waals surface area contributed by atoms with E-state index in [4.69, 9.17) is 0 Å². The zero-order chi connectivity index (χ0) is 14.5. The maximum atomic E-state index is 12.5. The van der Waals surface area contributed by atoms with E-state index in [2.05, 4.69) is 5.32 Å². The molecule has 1 fully saturated rings. The van der Waals surface area contributed by atoms with E-state index in [1.54, 1.807) is 0 Å². The quantitative estimate of drug-likeness (QED) is 0.473. The summed E-state index contributed by atoms with van der Waals surface area (Å²) in [6.07, 6.45) is -0.721. The zero-order valence-electron chi connectivity index (χ0n) is 10.3.